The number of ketones is 1. The van der Waals surface area contributed by atoms with Crippen molar-refractivity contribution in [1.82, 2.24) is 0 Å². The van der Waals surface area contributed by atoms with Crippen LogP contribution in [-0.2, 0) is 6.42 Å². The molecule has 0 aromatic heterocycles. The van der Waals surface area contributed by atoms with E-state index in [0.717, 1.165) is 11.3 Å². The number of Topliss-reactive ketones (excluding diaryl/α,β-unsaturated/α-hetero) is 1. The average Bonchev–Trinajstić information content (AvgIpc) is 2.87. The Bertz CT molecular complexity index is 664. The predicted molar refractivity (Wildman–Crippen MR) is 76.5 cm³/mol. The normalized spacial score (nSPS) is 16.2. The molecule has 0 N–H and O–H groups in total. The lowest BCUT2D eigenvalue weighted by Crippen LogP contribution is -2.22. The van der Waals surface area contributed by atoms with Gasteiger partial charge in [-0.15, -0.1) is 0 Å². The molecule has 0 aliphatic carbocycles. The number of benzene rings is 2. The molecular formula is C17H15FO3. The fourth-order valence-corrected chi connectivity index (χ4v) is 2.36. The van der Waals surface area contributed by atoms with Gasteiger partial charge in [-0.25, -0.2) is 4.39 Å². The van der Waals surface area contributed by atoms with Crippen LogP contribution < -0.4 is 9.47 Å². The molecule has 108 valence electrons. The number of carbonyl (C=O) groups is 1. The first-order valence-electron chi connectivity index (χ1n) is 6.81. The third-order valence-electron chi connectivity index (χ3n) is 3.46. The molecule has 0 radical (unpaired) electrons. The number of fused-ring (bicyclic) bond motifs is 1. The van der Waals surface area contributed by atoms with Crippen LogP contribution in [0.25, 0.3) is 0 Å². The average molecular weight is 286 g/mol. The summed E-state index contributed by atoms with van der Waals surface area (Å²) in [7, 11) is 0. The van der Waals surface area contributed by atoms with E-state index in [0.29, 0.717) is 24.3 Å². The molecule has 1 aliphatic rings. The van der Waals surface area contributed by atoms with E-state index in [1.54, 1.807) is 30.3 Å². The molecule has 0 saturated heterocycles. The zero-order chi connectivity index (χ0) is 14.8. The lowest BCUT2D eigenvalue weighted by atomic mass is 10.1. The lowest BCUT2D eigenvalue weighted by molar-refractivity contribution is 0.101. The first kappa shape index (κ1) is 13.6. The molecule has 0 fully saturated rings. The number of halogens is 1. The van der Waals surface area contributed by atoms with Gasteiger partial charge < -0.3 is 9.47 Å². The first-order chi connectivity index (χ1) is 10.1. The fourth-order valence-electron chi connectivity index (χ4n) is 2.36. The quantitative estimate of drug-likeness (QED) is 0.808. The molecule has 0 bridgehead atoms. The molecule has 3 nitrogen and oxygen atoms in total. The Morgan fingerprint density at radius 2 is 2.05 bits per heavy atom. The summed E-state index contributed by atoms with van der Waals surface area (Å²) in [5.41, 5.74) is 1.53. The summed E-state index contributed by atoms with van der Waals surface area (Å²) in [6.07, 6.45) is 0.521. The molecule has 0 amide bonds. The summed E-state index contributed by atoms with van der Waals surface area (Å²) < 4.78 is 24.5. The Hall–Kier alpha value is -2.36. The Kier molecular flexibility index (Phi) is 3.60. The van der Waals surface area contributed by atoms with Gasteiger partial charge in [-0.3, -0.25) is 4.79 Å². The first-order valence-corrected chi connectivity index (χ1v) is 6.81. The van der Waals surface area contributed by atoms with Crippen molar-refractivity contribution in [3.63, 3.8) is 0 Å². The third kappa shape index (κ3) is 3.05. The summed E-state index contributed by atoms with van der Waals surface area (Å²) in [6.45, 7) is 1.91. The summed E-state index contributed by atoms with van der Waals surface area (Å²) >= 11 is 0. The van der Waals surface area contributed by atoms with Gasteiger partial charge in [0, 0.05) is 17.5 Å². The van der Waals surface area contributed by atoms with E-state index in [4.69, 9.17) is 9.47 Å². The van der Waals surface area contributed by atoms with Crippen molar-refractivity contribution in [3.05, 3.63) is 59.4 Å². The van der Waals surface area contributed by atoms with Gasteiger partial charge in [-0.1, -0.05) is 0 Å². The highest BCUT2D eigenvalue weighted by Crippen LogP contribution is 2.29. The molecule has 4 heteroatoms. The second-order valence-electron chi connectivity index (χ2n) is 5.09. The van der Waals surface area contributed by atoms with Crippen molar-refractivity contribution in [2.45, 2.75) is 19.4 Å². The molecule has 21 heavy (non-hydrogen) atoms. The largest absolute Gasteiger partial charge is 0.490 e. The van der Waals surface area contributed by atoms with Gasteiger partial charge >= 0.3 is 0 Å². The van der Waals surface area contributed by atoms with E-state index >= 15 is 0 Å². The minimum atomic E-state index is -0.251. The molecule has 2 aromatic rings. The van der Waals surface area contributed by atoms with Crippen LogP contribution in [0.5, 0.6) is 11.5 Å². The van der Waals surface area contributed by atoms with Gasteiger partial charge in [0.15, 0.2) is 5.78 Å². The van der Waals surface area contributed by atoms with E-state index in [1.165, 1.54) is 19.1 Å². The van der Waals surface area contributed by atoms with Crippen molar-refractivity contribution in [2.75, 3.05) is 6.61 Å². The van der Waals surface area contributed by atoms with Crippen molar-refractivity contribution >= 4 is 5.78 Å². The molecule has 3 rings (SSSR count). The van der Waals surface area contributed by atoms with Crippen LogP contribution in [0.3, 0.4) is 0 Å². The number of ether oxygens (including phenoxy) is 2. The summed E-state index contributed by atoms with van der Waals surface area (Å²) in [4.78, 5) is 11.2. The van der Waals surface area contributed by atoms with E-state index in [1.807, 2.05) is 0 Å². The Balaban J connectivity index is 1.58. The smallest absolute Gasteiger partial charge is 0.159 e. The minimum absolute atomic E-state index is 0.0261. The second-order valence-corrected chi connectivity index (χ2v) is 5.09. The number of carbonyl (C=O) groups excluding carboxylic acids is 1. The molecular weight excluding hydrogens is 271 g/mol. The van der Waals surface area contributed by atoms with Crippen molar-refractivity contribution in [1.29, 1.82) is 0 Å². The highest BCUT2D eigenvalue weighted by Gasteiger charge is 2.23. The molecule has 2 aromatic carbocycles. The van der Waals surface area contributed by atoms with Crippen LogP contribution in [-0.4, -0.2) is 18.5 Å². The van der Waals surface area contributed by atoms with Gasteiger partial charge in [-0.05, 0) is 49.4 Å². The van der Waals surface area contributed by atoms with Crippen LogP contribution in [0.15, 0.2) is 42.5 Å². The van der Waals surface area contributed by atoms with Gasteiger partial charge in [0.1, 0.15) is 30.0 Å². The molecule has 1 aliphatic heterocycles. The Morgan fingerprint density at radius 3 is 2.76 bits per heavy atom. The van der Waals surface area contributed by atoms with E-state index < -0.39 is 0 Å². The Labute approximate surface area is 122 Å². The molecule has 1 atom stereocenters. The van der Waals surface area contributed by atoms with Crippen LogP contribution in [0, 0.1) is 5.82 Å². The highest BCUT2D eigenvalue weighted by atomic mass is 19.1. The maximum atomic E-state index is 13.1. The summed E-state index contributed by atoms with van der Waals surface area (Å²) in [5, 5.41) is 0. The topological polar surface area (TPSA) is 35.5 Å². The van der Waals surface area contributed by atoms with Crippen molar-refractivity contribution < 1.29 is 18.7 Å². The molecule has 0 spiro atoms. The number of hydrogen-bond acceptors (Lipinski definition) is 3. The van der Waals surface area contributed by atoms with Crippen LogP contribution in [0.1, 0.15) is 22.8 Å². The van der Waals surface area contributed by atoms with E-state index in [9.17, 15) is 9.18 Å². The minimum Gasteiger partial charge on any atom is -0.490 e. The predicted octanol–water partition coefficient (Wildman–Crippen LogP) is 3.41. The van der Waals surface area contributed by atoms with Gasteiger partial charge in [0.25, 0.3) is 0 Å². The lowest BCUT2D eigenvalue weighted by Gasteiger charge is -2.12. The van der Waals surface area contributed by atoms with Crippen LogP contribution in [0.4, 0.5) is 4.39 Å². The monoisotopic (exact) mass is 286 g/mol. The van der Waals surface area contributed by atoms with Gasteiger partial charge in [0.2, 0.25) is 0 Å². The van der Waals surface area contributed by atoms with Crippen molar-refractivity contribution in [2.24, 2.45) is 0 Å². The van der Waals surface area contributed by atoms with Crippen LogP contribution in [0.2, 0.25) is 0 Å². The number of hydrogen-bond donors (Lipinski definition) is 0. The zero-order valence-corrected chi connectivity index (χ0v) is 11.6. The highest BCUT2D eigenvalue weighted by molar-refractivity contribution is 5.94. The third-order valence-corrected chi connectivity index (χ3v) is 3.46. The van der Waals surface area contributed by atoms with Gasteiger partial charge in [-0.2, -0.15) is 0 Å². The number of rotatable bonds is 4. The maximum Gasteiger partial charge on any atom is 0.159 e. The second kappa shape index (κ2) is 5.56. The standard InChI is InChI=1S/C17H15FO3/c1-11(19)12-2-5-15(6-3-12)20-10-16-9-13-8-14(18)4-7-17(13)21-16/h2-8,16H,9-10H2,1H3. The van der Waals surface area contributed by atoms with E-state index in [2.05, 4.69) is 0 Å². The SMILES string of the molecule is CC(=O)c1ccc(OCC2Cc3cc(F)ccc3O2)cc1. The maximum absolute atomic E-state index is 13.1. The fraction of sp³-hybridized carbons (Fsp3) is 0.235. The zero-order valence-electron chi connectivity index (χ0n) is 11.6. The molecule has 0 saturated carbocycles. The summed E-state index contributed by atoms with van der Waals surface area (Å²) in [5.74, 6) is 1.18. The molecule has 1 heterocycles. The van der Waals surface area contributed by atoms with E-state index in [-0.39, 0.29) is 17.7 Å². The molecule has 1 unspecified atom stereocenters. The van der Waals surface area contributed by atoms with Crippen LogP contribution >= 0.6 is 0 Å². The summed E-state index contributed by atoms with van der Waals surface area (Å²) in [6, 6.07) is 11.5. The van der Waals surface area contributed by atoms with Crippen molar-refractivity contribution in [3.8, 4) is 11.5 Å². The Morgan fingerprint density at radius 1 is 1.29 bits per heavy atom. The van der Waals surface area contributed by atoms with Gasteiger partial charge in [0.05, 0.1) is 0 Å².